The monoisotopic (exact) mass is 1050 g/mol. The van der Waals surface area contributed by atoms with Gasteiger partial charge < -0.3 is 29.3 Å². The predicted molar refractivity (Wildman–Crippen MR) is 274 cm³/mol. The van der Waals surface area contributed by atoms with E-state index >= 15 is 22.0 Å². The number of halogens is 5. The minimum Gasteiger partial charge on any atom is -0.508 e. The van der Waals surface area contributed by atoms with Crippen molar-refractivity contribution in [3.05, 3.63) is 71.2 Å². The molecule has 2 spiro atoms. The molecule has 5 aliphatic heterocycles. The Labute approximate surface area is 435 Å². The summed E-state index contributed by atoms with van der Waals surface area (Å²) >= 11 is 0. The molecule has 7 aliphatic rings. The number of phenols is 1. The fraction of sp³-hybridized carbons (Fsp3) is 0.536. The van der Waals surface area contributed by atoms with E-state index in [1.165, 1.54) is 41.4 Å². The molecule has 1 unspecified atom stereocenters. The summed E-state index contributed by atoms with van der Waals surface area (Å²) in [5.41, 5.74) is 0.192. The number of ether oxygens (including phenoxy) is 2. The number of anilines is 2. The van der Waals surface area contributed by atoms with Crippen molar-refractivity contribution in [1.82, 2.24) is 39.8 Å². The summed E-state index contributed by atoms with van der Waals surface area (Å²) in [5.74, 6) is -4.45. The third-order valence-corrected chi connectivity index (χ3v) is 18.4. The summed E-state index contributed by atoms with van der Waals surface area (Å²) in [6.45, 7) is 6.43. The minimum absolute atomic E-state index is 0.0754. The van der Waals surface area contributed by atoms with Crippen molar-refractivity contribution in [3.8, 4) is 23.0 Å². The van der Waals surface area contributed by atoms with Gasteiger partial charge in [0, 0.05) is 61.7 Å². The van der Waals surface area contributed by atoms with E-state index < -0.39 is 35.8 Å². The molecular weight excluding hydrogens is 988 g/mol. The first-order chi connectivity index (χ1) is 36.5. The van der Waals surface area contributed by atoms with E-state index in [1.807, 2.05) is 6.07 Å². The number of amides is 3. The number of carbonyl (C=O) groups excluding carboxylic acids is 2. The molecule has 0 bridgehead atoms. The molecule has 20 heteroatoms. The van der Waals surface area contributed by atoms with Crippen LogP contribution in [0.4, 0.5) is 38.4 Å². The number of hydrogen-bond donors (Lipinski definition) is 2. The zero-order valence-corrected chi connectivity index (χ0v) is 42.7. The quantitative estimate of drug-likeness (QED) is 0.119. The third-order valence-electron chi connectivity index (χ3n) is 18.4. The van der Waals surface area contributed by atoms with Gasteiger partial charge in [0.25, 0.3) is 0 Å². The SMILES string of the molecule is CCc1c(F)ccc2cc(O)cc(-c3ncc4c(N5CCCC6(C5)OCC6(F)F)nc(OCC5(CN6CCC7(CC6)CC(N6CCC(c8cc9c(cc8F)c(N8CCC(=O)NC8=O)nn9C)CC6)C7)CC5)nc4c3F)c12. The number of piperidine rings is 3. The first-order valence-electron chi connectivity index (χ1n) is 27.0. The van der Waals surface area contributed by atoms with Crippen molar-refractivity contribution < 1.29 is 46.1 Å². The number of pyridine rings is 1. The second kappa shape index (κ2) is 18.2. The molecule has 2 N–H and O–H groups in total. The molecule has 5 saturated heterocycles. The average Bonchev–Trinajstić information content (AvgIpc) is 4.13. The molecule has 7 fully saturated rings. The van der Waals surface area contributed by atoms with Gasteiger partial charge in [0.05, 0.1) is 24.1 Å². The number of aromatic hydroxyl groups is 1. The van der Waals surface area contributed by atoms with Crippen molar-refractivity contribution in [1.29, 1.82) is 0 Å². The van der Waals surface area contributed by atoms with E-state index in [0.29, 0.717) is 70.6 Å². The number of likely N-dealkylation sites (tertiary alicyclic amines) is 2. The van der Waals surface area contributed by atoms with Crippen LogP contribution in [-0.2, 0) is 23.0 Å². The number of imide groups is 1. The maximum absolute atomic E-state index is 17.3. The molecule has 2 aliphatic carbocycles. The summed E-state index contributed by atoms with van der Waals surface area (Å²) in [6, 6.07) is 9.00. The molecule has 3 amide bonds. The number of carbonyl (C=O) groups is 2. The van der Waals surface area contributed by atoms with E-state index in [-0.39, 0.29) is 88.7 Å². The average molecular weight is 1050 g/mol. The number of fused-ring (bicyclic) bond motifs is 3. The van der Waals surface area contributed by atoms with Crippen molar-refractivity contribution in [2.45, 2.75) is 107 Å². The predicted octanol–water partition coefficient (Wildman–Crippen LogP) is 9.15. The lowest BCUT2D eigenvalue weighted by atomic mass is 9.59. The van der Waals surface area contributed by atoms with Gasteiger partial charge in [-0.3, -0.25) is 24.7 Å². The molecule has 400 valence electrons. The molecule has 6 aromatic rings. The van der Waals surface area contributed by atoms with Crippen LogP contribution in [0, 0.1) is 28.3 Å². The van der Waals surface area contributed by atoms with Gasteiger partial charge in [-0.05, 0) is 160 Å². The van der Waals surface area contributed by atoms with E-state index in [1.54, 1.807) is 23.6 Å². The zero-order valence-electron chi connectivity index (χ0n) is 42.7. The maximum atomic E-state index is 17.3. The molecular formula is C56H61F5N10O5. The van der Waals surface area contributed by atoms with Crippen LogP contribution >= 0.6 is 0 Å². The molecule has 15 nitrogen and oxygen atoms in total. The van der Waals surface area contributed by atoms with Crippen LogP contribution < -0.4 is 19.9 Å². The van der Waals surface area contributed by atoms with Gasteiger partial charge >= 0.3 is 18.0 Å². The van der Waals surface area contributed by atoms with Gasteiger partial charge in [-0.15, -0.1) is 0 Å². The topological polar surface area (TPSA) is 154 Å². The fourth-order valence-corrected chi connectivity index (χ4v) is 13.7. The summed E-state index contributed by atoms with van der Waals surface area (Å²) in [5, 5.41) is 19.3. The molecule has 13 rings (SSSR count). The highest BCUT2D eigenvalue weighted by Gasteiger charge is 2.65. The number of alkyl halides is 2. The molecule has 2 saturated carbocycles. The van der Waals surface area contributed by atoms with Crippen LogP contribution in [0.1, 0.15) is 94.6 Å². The van der Waals surface area contributed by atoms with Crippen molar-refractivity contribution in [2.24, 2.45) is 17.9 Å². The largest absolute Gasteiger partial charge is 0.508 e. The summed E-state index contributed by atoms with van der Waals surface area (Å²) < 4.78 is 92.4. The van der Waals surface area contributed by atoms with E-state index in [4.69, 9.17) is 14.5 Å². The maximum Gasteiger partial charge on any atom is 0.329 e. The molecule has 1 atom stereocenters. The number of nitrogens with zero attached hydrogens (tertiary/aromatic N) is 9. The van der Waals surface area contributed by atoms with E-state index in [9.17, 15) is 14.7 Å². The zero-order chi connectivity index (χ0) is 52.5. The van der Waals surface area contributed by atoms with Crippen LogP contribution in [0.5, 0.6) is 11.8 Å². The van der Waals surface area contributed by atoms with E-state index in [2.05, 4.69) is 30.2 Å². The Kier molecular flexibility index (Phi) is 11.8. The number of aryl methyl sites for hydroxylation is 2. The van der Waals surface area contributed by atoms with Crippen molar-refractivity contribution >= 4 is 56.2 Å². The molecule has 8 heterocycles. The Bertz CT molecular complexity index is 3350. The first kappa shape index (κ1) is 49.3. The lowest BCUT2D eigenvalue weighted by Crippen LogP contribution is -2.70. The summed E-state index contributed by atoms with van der Waals surface area (Å²) in [4.78, 5) is 46.5. The molecule has 0 radical (unpaired) electrons. The van der Waals surface area contributed by atoms with Gasteiger partial charge in [0.15, 0.2) is 17.2 Å². The Hall–Kier alpha value is -6.25. The Morgan fingerprint density at radius 1 is 0.895 bits per heavy atom. The van der Waals surface area contributed by atoms with Crippen LogP contribution in [0.15, 0.2) is 42.6 Å². The number of urea groups is 1. The second-order valence-electron chi connectivity index (χ2n) is 23.0. The van der Waals surface area contributed by atoms with Gasteiger partial charge in [-0.1, -0.05) is 13.0 Å². The number of rotatable bonds is 11. The molecule has 3 aromatic carbocycles. The number of aromatic nitrogens is 5. The van der Waals surface area contributed by atoms with Crippen LogP contribution in [0.25, 0.3) is 43.8 Å². The number of hydrogen-bond acceptors (Lipinski definition) is 12. The fourth-order valence-electron chi connectivity index (χ4n) is 13.7. The Morgan fingerprint density at radius 3 is 2.39 bits per heavy atom. The van der Waals surface area contributed by atoms with Crippen molar-refractivity contribution in [3.63, 3.8) is 0 Å². The van der Waals surface area contributed by atoms with Gasteiger partial charge in [0.2, 0.25) is 5.91 Å². The lowest BCUT2D eigenvalue weighted by Gasteiger charge is -2.56. The standard InChI is InChI=1S/C56H61F5N10O5/c1-3-36-41(57)6-5-33-21-35(72)22-39(45(33)36)47-46(59)48-40(27-62-47)49(70-15-4-10-55(29-70)56(60,61)31-76-55)65-51(64-48)75-30-54(11-12-54)28-68-19-13-53(14-20-68)25-34(26-53)69-16-7-32(8-17-69)37-24-43-38(23-42(37)58)50(66-67(43)2)71-18-9-44(73)63-52(71)74/h5-6,21-24,27,32,34,72H,3-4,7-20,25-26,28-31H2,1-2H3,(H,63,73,74). The van der Waals surface area contributed by atoms with Crippen LogP contribution in [0.3, 0.4) is 0 Å². The second-order valence-corrected chi connectivity index (χ2v) is 23.0. The third kappa shape index (κ3) is 8.30. The van der Waals surface area contributed by atoms with Crippen molar-refractivity contribution in [2.75, 3.05) is 75.4 Å². The molecule has 3 aromatic heterocycles. The van der Waals surface area contributed by atoms with Gasteiger partial charge in [-0.2, -0.15) is 15.1 Å². The number of phenolic OH excluding ortho intramolecular Hbond substituents is 1. The van der Waals surface area contributed by atoms with Crippen LogP contribution in [-0.4, -0.2) is 135 Å². The highest BCUT2D eigenvalue weighted by Crippen LogP contribution is 2.54. The van der Waals surface area contributed by atoms with Crippen LogP contribution in [0.2, 0.25) is 0 Å². The smallest absolute Gasteiger partial charge is 0.329 e. The van der Waals surface area contributed by atoms with E-state index in [0.717, 1.165) is 89.6 Å². The highest BCUT2D eigenvalue weighted by atomic mass is 19.3. The minimum atomic E-state index is -3.03. The normalized spacial score (nSPS) is 23.9. The van der Waals surface area contributed by atoms with Gasteiger partial charge in [0.1, 0.15) is 41.0 Å². The highest BCUT2D eigenvalue weighted by molar-refractivity contribution is 6.09. The Morgan fingerprint density at radius 2 is 1.68 bits per heavy atom. The first-order valence-corrected chi connectivity index (χ1v) is 27.0. The lowest BCUT2D eigenvalue weighted by molar-refractivity contribution is -0.329. The number of benzene rings is 3. The summed E-state index contributed by atoms with van der Waals surface area (Å²) in [6.07, 6.45) is 10.6. The van der Waals surface area contributed by atoms with Gasteiger partial charge in [-0.25, -0.2) is 26.7 Å². The Balaban J connectivity index is 0.666. The summed E-state index contributed by atoms with van der Waals surface area (Å²) in [7, 11) is 1.79. The number of nitrogens with one attached hydrogen (secondary N) is 1. The molecule has 76 heavy (non-hydrogen) atoms.